The van der Waals surface area contributed by atoms with Gasteiger partial charge < -0.3 is 4.90 Å². The molecular formula is C18H19ClN6. The number of hydrogen-bond acceptors (Lipinski definition) is 4. The second kappa shape index (κ2) is 5.68. The minimum absolute atomic E-state index is 0.491. The van der Waals surface area contributed by atoms with Gasteiger partial charge in [-0.1, -0.05) is 11.6 Å². The van der Waals surface area contributed by atoms with Crippen molar-refractivity contribution in [3.8, 4) is 17.2 Å². The molecule has 0 atom stereocenters. The largest absolute Gasteiger partial charge is 0.302 e. The highest BCUT2D eigenvalue weighted by atomic mass is 35.5. The molecule has 5 rings (SSSR count). The molecule has 0 saturated heterocycles. The standard InChI is InChI=1S/C18H19ClN6/c1-24-9-8-15-14(10-24)16(22-21-15)18-20-17(11-2-3-11)23-25(18)13-6-4-12(19)5-7-13/h4-7,11H,2-3,8-10H2,1H3,(H,21,22). The van der Waals surface area contributed by atoms with Crippen LogP contribution in [0.3, 0.4) is 0 Å². The number of halogens is 1. The molecule has 0 amide bonds. The van der Waals surface area contributed by atoms with Gasteiger partial charge in [0.05, 0.1) is 5.69 Å². The monoisotopic (exact) mass is 354 g/mol. The Morgan fingerprint density at radius 3 is 2.76 bits per heavy atom. The molecule has 2 aromatic heterocycles. The van der Waals surface area contributed by atoms with Gasteiger partial charge in [-0.25, -0.2) is 9.67 Å². The van der Waals surface area contributed by atoms with Crippen LogP contribution in [-0.2, 0) is 13.0 Å². The third-order valence-corrected chi connectivity index (χ3v) is 5.23. The van der Waals surface area contributed by atoms with Crippen LogP contribution in [0.4, 0.5) is 0 Å². The van der Waals surface area contributed by atoms with Crippen molar-refractivity contribution in [1.29, 1.82) is 0 Å². The maximum Gasteiger partial charge on any atom is 0.184 e. The van der Waals surface area contributed by atoms with Crippen molar-refractivity contribution >= 4 is 11.6 Å². The van der Waals surface area contributed by atoms with Crippen LogP contribution in [-0.4, -0.2) is 43.5 Å². The summed E-state index contributed by atoms with van der Waals surface area (Å²) in [6.45, 7) is 1.93. The average Bonchev–Trinajstić information content (AvgIpc) is 3.24. The first kappa shape index (κ1) is 15.1. The highest BCUT2D eigenvalue weighted by Crippen LogP contribution is 2.39. The van der Waals surface area contributed by atoms with E-state index in [0.29, 0.717) is 10.9 Å². The van der Waals surface area contributed by atoms with E-state index >= 15 is 0 Å². The van der Waals surface area contributed by atoms with Crippen LogP contribution < -0.4 is 0 Å². The Balaban J connectivity index is 1.66. The van der Waals surface area contributed by atoms with Gasteiger partial charge in [-0.2, -0.15) is 10.2 Å². The molecule has 2 aliphatic rings. The molecule has 0 radical (unpaired) electrons. The predicted molar refractivity (Wildman–Crippen MR) is 96.0 cm³/mol. The van der Waals surface area contributed by atoms with Crippen molar-refractivity contribution in [1.82, 2.24) is 29.9 Å². The maximum absolute atomic E-state index is 6.05. The number of benzene rings is 1. The molecule has 1 aliphatic carbocycles. The molecule has 7 heteroatoms. The van der Waals surface area contributed by atoms with Crippen molar-refractivity contribution in [3.05, 3.63) is 46.4 Å². The number of nitrogens with one attached hydrogen (secondary N) is 1. The van der Waals surface area contributed by atoms with E-state index in [1.165, 1.54) is 24.1 Å². The fourth-order valence-electron chi connectivity index (χ4n) is 3.37. The number of nitrogens with zero attached hydrogens (tertiary/aromatic N) is 5. The molecule has 1 aromatic carbocycles. The summed E-state index contributed by atoms with van der Waals surface area (Å²) in [5.74, 6) is 2.23. The fraction of sp³-hybridized carbons (Fsp3) is 0.389. The van der Waals surface area contributed by atoms with Gasteiger partial charge in [-0.3, -0.25) is 5.10 Å². The summed E-state index contributed by atoms with van der Waals surface area (Å²) in [6.07, 6.45) is 3.33. The second-order valence-corrected chi connectivity index (χ2v) is 7.41. The van der Waals surface area contributed by atoms with E-state index in [9.17, 15) is 0 Å². The Hall–Kier alpha value is -2.18. The lowest BCUT2D eigenvalue weighted by Gasteiger charge is -2.22. The van der Waals surface area contributed by atoms with Crippen LogP contribution in [0.2, 0.25) is 5.02 Å². The van der Waals surface area contributed by atoms with Crippen molar-refractivity contribution < 1.29 is 0 Å². The molecule has 1 saturated carbocycles. The first-order valence-corrected chi connectivity index (χ1v) is 9.05. The summed E-state index contributed by atoms with van der Waals surface area (Å²) in [4.78, 5) is 7.18. The third-order valence-electron chi connectivity index (χ3n) is 4.97. The number of aromatic amines is 1. The van der Waals surface area contributed by atoms with Crippen LogP contribution in [0, 0.1) is 0 Å². The summed E-state index contributed by atoms with van der Waals surface area (Å²) >= 11 is 6.05. The molecular weight excluding hydrogens is 336 g/mol. The molecule has 0 unspecified atom stereocenters. The first-order valence-electron chi connectivity index (χ1n) is 8.67. The quantitative estimate of drug-likeness (QED) is 0.784. The number of hydrogen-bond donors (Lipinski definition) is 1. The van der Waals surface area contributed by atoms with Crippen LogP contribution in [0.5, 0.6) is 0 Å². The summed E-state index contributed by atoms with van der Waals surface area (Å²) in [5.41, 5.74) is 4.32. The van der Waals surface area contributed by atoms with Crippen LogP contribution in [0.15, 0.2) is 24.3 Å². The average molecular weight is 355 g/mol. The van der Waals surface area contributed by atoms with Gasteiger partial charge >= 0.3 is 0 Å². The zero-order valence-corrected chi connectivity index (χ0v) is 14.8. The van der Waals surface area contributed by atoms with E-state index < -0.39 is 0 Å². The molecule has 1 N–H and O–H groups in total. The van der Waals surface area contributed by atoms with Gasteiger partial charge in [0.1, 0.15) is 5.69 Å². The molecule has 3 heterocycles. The highest BCUT2D eigenvalue weighted by molar-refractivity contribution is 6.30. The zero-order valence-electron chi connectivity index (χ0n) is 14.0. The van der Waals surface area contributed by atoms with E-state index in [1.54, 1.807) is 0 Å². The van der Waals surface area contributed by atoms with Crippen molar-refractivity contribution in [2.45, 2.75) is 31.7 Å². The Labute approximate surface area is 150 Å². The smallest absolute Gasteiger partial charge is 0.184 e. The Morgan fingerprint density at radius 2 is 2.00 bits per heavy atom. The lowest BCUT2D eigenvalue weighted by atomic mass is 10.1. The number of likely N-dealkylation sites (N-methyl/N-ethyl adjacent to an activating group) is 1. The summed E-state index contributed by atoms with van der Waals surface area (Å²) in [6, 6.07) is 7.71. The summed E-state index contributed by atoms with van der Waals surface area (Å²) in [5, 5.41) is 13.3. The summed E-state index contributed by atoms with van der Waals surface area (Å²) in [7, 11) is 2.14. The van der Waals surface area contributed by atoms with Crippen molar-refractivity contribution in [3.63, 3.8) is 0 Å². The Morgan fingerprint density at radius 1 is 1.20 bits per heavy atom. The van der Waals surface area contributed by atoms with Crippen LogP contribution in [0.25, 0.3) is 17.2 Å². The SMILES string of the molecule is CN1CCc2[nH]nc(-c3nc(C4CC4)nn3-c3ccc(Cl)cc3)c2C1. The van der Waals surface area contributed by atoms with E-state index in [0.717, 1.165) is 42.5 Å². The first-order chi connectivity index (χ1) is 12.2. The van der Waals surface area contributed by atoms with Crippen molar-refractivity contribution in [2.24, 2.45) is 0 Å². The molecule has 0 spiro atoms. The summed E-state index contributed by atoms with van der Waals surface area (Å²) < 4.78 is 1.91. The third kappa shape index (κ3) is 2.65. The molecule has 128 valence electrons. The van der Waals surface area contributed by atoms with E-state index in [4.69, 9.17) is 21.7 Å². The lowest BCUT2D eigenvalue weighted by Crippen LogP contribution is -2.26. The minimum Gasteiger partial charge on any atom is -0.302 e. The molecule has 1 aliphatic heterocycles. The molecule has 6 nitrogen and oxygen atoms in total. The van der Waals surface area contributed by atoms with Gasteiger partial charge in [-0.15, -0.1) is 0 Å². The van der Waals surface area contributed by atoms with Crippen LogP contribution >= 0.6 is 11.6 Å². The number of H-pyrrole nitrogens is 1. The van der Waals surface area contributed by atoms with Gasteiger partial charge in [-0.05, 0) is 44.2 Å². The highest BCUT2D eigenvalue weighted by Gasteiger charge is 2.31. The molecule has 25 heavy (non-hydrogen) atoms. The van der Waals surface area contributed by atoms with Gasteiger partial charge in [0.2, 0.25) is 0 Å². The van der Waals surface area contributed by atoms with Crippen LogP contribution in [0.1, 0.15) is 35.8 Å². The van der Waals surface area contributed by atoms with Gasteiger partial charge in [0, 0.05) is 41.7 Å². The second-order valence-electron chi connectivity index (χ2n) is 6.97. The van der Waals surface area contributed by atoms with E-state index in [2.05, 4.69) is 22.1 Å². The topological polar surface area (TPSA) is 62.6 Å². The minimum atomic E-state index is 0.491. The van der Waals surface area contributed by atoms with E-state index in [1.807, 2.05) is 28.9 Å². The maximum atomic E-state index is 6.05. The molecule has 0 bridgehead atoms. The van der Waals surface area contributed by atoms with E-state index in [-0.39, 0.29) is 0 Å². The molecule has 3 aromatic rings. The Kier molecular flexibility index (Phi) is 3.43. The number of aromatic nitrogens is 5. The normalized spacial score (nSPS) is 17.7. The number of fused-ring (bicyclic) bond motifs is 1. The molecule has 1 fully saturated rings. The zero-order chi connectivity index (χ0) is 17.0. The number of rotatable bonds is 3. The van der Waals surface area contributed by atoms with Gasteiger partial charge in [0.25, 0.3) is 0 Å². The Bertz CT molecular complexity index is 922. The van der Waals surface area contributed by atoms with Gasteiger partial charge in [0.15, 0.2) is 11.6 Å². The fourth-order valence-corrected chi connectivity index (χ4v) is 3.50. The van der Waals surface area contributed by atoms with Crippen molar-refractivity contribution in [2.75, 3.05) is 13.6 Å². The lowest BCUT2D eigenvalue weighted by molar-refractivity contribution is 0.312. The predicted octanol–water partition coefficient (Wildman–Crippen LogP) is 3.18.